The Balaban J connectivity index is 2.13. The second kappa shape index (κ2) is 6.34. The molecule has 0 spiro atoms. The van der Waals surface area contributed by atoms with E-state index in [4.69, 9.17) is 5.11 Å². The molecule has 19 heavy (non-hydrogen) atoms. The summed E-state index contributed by atoms with van der Waals surface area (Å²) in [5.41, 5.74) is 3.49. The van der Waals surface area contributed by atoms with Crippen LogP contribution in [0.2, 0.25) is 0 Å². The molecule has 0 aliphatic heterocycles. The number of aromatic nitrogens is 1. The van der Waals surface area contributed by atoms with Crippen molar-refractivity contribution in [3.63, 3.8) is 0 Å². The van der Waals surface area contributed by atoms with Gasteiger partial charge in [0.05, 0.1) is 0 Å². The third-order valence-corrected chi connectivity index (χ3v) is 3.13. The summed E-state index contributed by atoms with van der Waals surface area (Å²) < 4.78 is 0. The van der Waals surface area contributed by atoms with Gasteiger partial charge in [-0.05, 0) is 30.0 Å². The molecule has 0 saturated carbocycles. The Hall–Kier alpha value is -1.87. The molecule has 0 saturated heterocycles. The number of nitrogens with zero attached hydrogens (tertiary/aromatic N) is 2. The predicted octanol–water partition coefficient (Wildman–Crippen LogP) is 2.56. The maximum Gasteiger partial charge on any atom is 0.131 e. The monoisotopic (exact) mass is 256 g/mol. The molecule has 1 aromatic heterocycles. The molecule has 0 atom stereocenters. The van der Waals surface area contributed by atoms with Gasteiger partial charge in [0.1, 0.15) is 5.82 Å². The Kier molecular flexibility index (Phi) is 4.53. The van der Waals surface area contributed by atoms with Gasteiger partial charge in [-0.15, -0.1) is 0 Å². The van der Waals surface area contributed by atoms with Gasteiger partial charge in [0.25, 0.3) is 0 Å². The summed E-state index contributed by atoms with van der Waals surface area (Å²) in [4.78, 5) is 6.65. The maximum absolute atomic E-state index is 8.95. The molecule has 1 heterocycles. The molecule has 3 heteroatoms. The number of benzene rings is 1. The quantitative estimate of drug-likeness (QED) is 0.893. The van der Waals surface area contributed by atoms with E-state index in [2.05, 4.69) is 35.0 Å². The first-order chi connectivity index (χ1) is 9.20. The summed E-state index contributed by atoms with van der Waals surface area (Å²) in [5.74, 6) is 0.991. The van der Waals surface area contributed by atoms with Crippen molar-refractivity contribution in [1.82, 2.24) is 4.98 Å². The fourth-order valence-electron chi connectivity index (χ4n) is 2.22. The minimum Gasteiger partial charge on any atom is -0.396 e. The molecule has 3 nitrogen and oxygen atoms in total. The third kappa shape index (κ3) is 3.55. The van der Waals surface area contributed by atoms with E-state index in [0.29, 0.717) is 6.42 Å². The van der Waals surface area contributed by atoms with Crippen LogP contribution in [-0.2, 0) is 13.0 Å². The van der Waals surface area contributed by atoms with Crippen molar-refractivity contribution >= 4 is 5.82 Å². The number of aliphatic hydroxyl groups excluding tert-OH is 1. The van der Waals surface area contributed by atoms with Crippen molar-refractivity contribution in [2.45, 2.75) is 19.9 Å². The van der Waals surface area contributed by atoms with Gasteiger partial charge in [-0.3, -0.25) is 0 Å². The number of anilines is 1. The number of hydrogen-bond acceptors (Lipinski definition) is 3. The lowest BCUT2D eigenvalue weighted by Gasteiger charge is -2.20. The Morgan fingerprint density at radius 2 is 1.89 bits per heavy atom. The summed E-state index contributed by atoms with van der Waals surface area (Å²) in [7, 11) is 2.05. The van der Waals surface area contributed by atoms with Crippen molar-refractivity contribution < 1.29 is 5.11 Å². The Bertz CT molecular complexity index is 526. The van der Waals surface area contributed by atoms with Crippen LogP contribution in [-0.4, -0.2) is 23.7 Å². The minimum absolute atomic E-state index is 0.167. The van der Waals surface area contributed by atoms with Gasteiger partial charge in [-0.2, -0.15) is 0 Å². The number of pyridine rings is 1. The molecule has 2 rings (SSSR count). The van der Waals surface area contributed by atoms with Gasteiger partial charge < -0.3 is 10.0 Å². The Morgan fingerprint density at radius 3 is 2.53 bits per heavy atom. The van der Waals surface area contributed by atoms with Crippen molar-refractivity contribution in [1.29, 1.82) is 0 Å². The van der Waals surface area contributed by atoms with E-state index < -0.39 is 0 Å². The van der Waals surface area contributed by atoms with Gasteiger partial charge in [0.2, 0.25) is 0 Å². The van der Waals surface area contributed by atoms with Crippen LogP contribution < -0.4 is 4.90 Å². The summed E-state index contributed by atoms with van der Waals surface area (Å²) in [5, 5.41) is 8.95. The molecule has 2 aromatic rings. The standard InChI is InChI=1S/C16H20N2O/c1-13-10-15(8-9-19)11-17-16(13)18(2)12-14-6-4-3-5-7-14/h3-7,10-11,19H,8-9,12H2,1-2H3. The van der Waals surface area contributed by atoms with Crippen molar-refractivity contribution in [2.75, 3.05) is 18.6 Å². The third-order valence-electron chi connectivity index (χ3n) is 3.13. The lowest BCUT2D eigenvalue weighted by atomic mass is 10.1. The lowest BCUT2D eigenvalue weighted by Crippen LogP contribution is -2.19. The minimum atomic E-state index is 0.167. The van der Waals surface area contributed by atoms with E-state index >= 15 is 0 Å². The zero-order chi connectivity index (χ0) is 13.7. The van der Waals surface area contributed by atoms with E-state index in [1.54, 1.807) is 0 Å². The average Bonchev–Trinajstić information content (AvgIpc) is 2.40. The van der Waals surface area contributed by atoms with Crippen molar-refractivity contribution in [2.24, 2.45) is 0 Å². The molecule has 0 fully saturated rings. The van der Waals surface area contributed by atoms with Crippen LogP contribution in [0, 0.1) is 6.92 Å². The largest absolute Gasteiger partial charge is 0.396 e. The highest BCUT2D eigenvalue weighted by Crippen LogP contribution is 2.18. The molecule has 1 N–H and O–H groups in total. The zero-order valence-corrected chi connectivity index (χ0v) is 11.5. The smallest absolute Gasteiger partial charge is 0.131 e. The molecule has 100 valence electrons. The summed E-state index contributed by atoms with van der Waals surface area (Å²) >= 11 is 0. The van der Waals surface area contributed by atoms with E-state index in [0.717, 1.165) is 23.5 Å². The van der Waals surface area contributed by atoms with E-state index in [9.17, 15) is 0 Å². The van der Waals surface area contributed by atoms with Gasteiger partial charge in [0, 0.05) is 26.4 Å². The first kappa shape index (κ1) is 13.6. The Labute approximate surface area is 114 Å². The normalized spacial score (nSPS) is 10.5. The van der Waals surface area contributed by atoms with Gasteiger partial charge in [0.15, 0.2) is 0 Å². The first-order valence-electron chi connectivity index (χ1n) is 6.52. The van der Waals surface area contributed by atoms with Crippen LogP contribution in [0.1, 0.15) is 16.7 Å². The van der Waals surface area contributed by atoms with Crippen LogP contribution >= 0.6 is 0 Å². The van der Waals surface area contributed by atoms with Crippen molar-refractivity contribution in [3.05, 3.63) is 59.3 Å². The topological polar surface area (TPSA) is 36.4 Å². The highest BCUT2D eigenvalue weighted by atomic mass is 16.2. The van der Waals surface area contributed by atoms with Gasteiger partial charge in [-0.1, -0.05) is 36.4 Å². The summed E-state index contributed by atoms with van der Waals surface area (Å²) in [6.45, 7) is 3.07. The predicted molar refractivity (Wildman–Crippen MR) is 78.3 cm³/mol. The van der Waals surface area contributed by atoms with Crippen LogP contribution in [0.15, 0.2) is 42.6 Å². The Morgan fingerprint density at radius 1 is 1.16 bits per heavy atom. The fraction of sp³-hybridized carbons (Fsp3) is 0.312. The number of rotatable bonds is 5. The molecule has 0 aliphatic rings. The second-order valence-electron chi connectivity index (χ2n) is 4.80. The summed E-state index contributed by atoms with van der Waals surface area (Å²) in [6, 6.07) is 12.5. The van der Waals surface area contributed by atoms with Crippen LogP contribution in [0.5, 0.6) is 0 Å². The number of aliphatic hydroxyl groups is 1. The van der Waals surface area contributed by atoms with E-state index in [-0.39, 0.29) is 6.61 Å². The molecule has 0 unspecified atom stereocenters. The highest BCUT2D eigenvalue weighted by molar-refractivity contribution is 5.47. The average molecular weight is 256 g/mol. The fourth-order valence-corrected chi connectivity index (χ4v) is 2.22. The molecule has 0 aliphatic carbocycles. The molecule has 0 amide bonds. The van der Waals surface area contributed by atoms with Crippen molar-refractivity contribution in [3.8, 4) is 0 Å². The summed E-state index contributed by atoms with van der Waals surface area (Å²) in [6.07, 6.45) is 2.51. The number of aryl methyl sites for hydroxylation is 1. The van der Waals surface area contributed by atoms with E-state index in [1.165, 1.54) is 5.56 Å². The highest BCUT2D eigenvalue weighted by Gasteiger charge is 2.07. The second-order valence-corrected chi connectivity index (χ2v) is 4.80. The maximum atomic E-state index is 8.95. The van der Waals surface area contributed by atoms with Gasteiger partial charge >= 0.3 is 0 Å². The first-order valence-corrected chi connectivity index (χ1v) is 6.52. The van der Waals surface area contributed by atoms with Crippen LogP contribution in [0.25, 0.3) is 0 Å². The molecular weight excluding hydrogens is 236 g/mol. The molecule has 1 aromatic carbocycles. The van der Waals surface area contributed by atoms with Crippen LogP contribution in [0.3, 0.4) is 0 Å². The van der Waals surface area contributed by atoms with E-state index in [1.807, 2.05) is 31.4 Å². The molecular formula is C16H20N2O. The molecule has 0 bridgehead atoms. The number of hydrogen-bond donors (Lipinski definition) is 1. The lowest BCUT2D eigenvalue weighted by molar-refractivity contribution is 0.299. The van der Waals surface area contributed by atoms with Crippen LogP contribution in [0.4, 0.5) is 5.82 Å². The SMILES string of the molecule is Cc1cc(CCO)cnc1N(C)Cc1ccccc1. The zero-order valence-electron chi connectivity index (χ0n) is 11.5. The molecule has 0 radical (unpaired) electrons. The van der Waals surface area contributed by atoms with Gasteiger partial charge in [-0.25, -0.2) is 4.98 Å².